The number of halogens is 4. The van der Waals surface area contributed by atoms with Crippen LogP contribution in [0.2, 0.25) is 0 Å². The SMILES string of the molecule is C1CCCCC1.Cc1cnc(-c2cc(/C=C\N(C)C)c(C=O)cc2F)nc1.Nc1cn[nH]c(=O)c1C(F)(F)F. The van der Waals surface area contributed by atoms with Crippen LogP contribution in [0, 0.1) is 12.7 Å². The van der Waals surface area contributed by atoms with E-state index >= 15 is 0 Å². The van der Waals surface area contributed by atoms with Crippen LogP contribution in [0.25, 0.3) is 17.5 Å². The molecular formula is C27H32F4N6O2. The Morgan fingerprint density at radius 2 is 1.54 bits per heavy atom. The number of carbonyl (C=O) groups is 1. The fourth-order valence-electron chi connectivity index (χ4n) is 3.55. The monoisotopic (exact) mass is 548 g/mol. The molecule has 8 nitrogen and oxygen atoms in total. The van der Waals surface area contributed by atoms with Crippen molar-refractivity contribution in [3.05, 3.63) is 75.3 Å². The Hall–Kier alpha value is -4.09. The number of hydrogen-bond donors (Lipinski definition) is 2. The van der Waals surface area contributed by atoms with Gasteiger partial charge in [-0.15, -0.1) is 0 Å². The number of rotatable bonds is 4. The molecule has 1 fully saturated rings. The van der Waals surface area contributed by atoms with Gasteiger partial charge in [-0.25, -0.2) is 19.5 Å². The van der Waals surface area contributed by atoms with Gasteiger partial charge in [0, 0.05) is 32.1 Å². The van der Waals surface area contributed by atoms with Crippen molar-refractivity contribution in [1.82, 2.24) is 25.1 Å². The Kier molecular flexibility index (Phi) is 11.8. The molecule has 1 saturated carbocycles. The minimum absolute atomic E-state index is 0.277. The maximum absolute atomic E-state index is 14.1. The smallest absolute Gasteiger partial charge is 0.397 e. The summed E-state index contributed by atoms with van der Waals surface area (Å²) in [5.74, 6) is -0.210. The normalized spacial score (nSPS) is 13.1. The average molecular weight is 549 g/mol. The lowest BCUT2D eigenvalue weighted by atomic mass is 10.0. The van der Waals surface area contributed by atoms with Gasteiger partial charge in [-0.05, 0) is 42.5 Å². The minimum Gasteiger partial charge on any atom is -0.397 e. The van der Waals surface area contributed by atoms with Crippen LogP contribution < -0.4 is 11.3 Å². The van der Waals surface area contributed by atoms with E-state index in [0.717, 1.165) is 11.8 Å². The Labute approximate surface area is 224 Å². The fraction of sp³-hybridized carbons (Fsp3) is 0.370. The van der Waals surface area contributed by atoms with E-state index in [1.54, 1.807) is 35.8 Å². The summed E-state index contributed by atoms with van der Waals surface area (Å²) in [7, 11) is 3.73. The summed E-state index contributed by atoms with van der Waals surface area (Å²) >= 11 is 0. The number of H-pyrrole nitrogens is 1. The molecule has 3 aromatic rings. The van der Waals surface area contributed by atoms with Gasteiger partial charge in [0.15, 0.2) is 12.1 Å². The summed E-state index contributed by atoms with van der Waals surface area (Å²) in [6, 6.07) is 2.80. The zero-order chi connectivity index (χ0) is 29.0. The summed E-state index contributed by atoms with van der Waals surface area (Å²) in [6.07, 6.45) is 12.4. The molecule has 4 rings (SSSR count). The molecule has 12 heteroatoms. The zero-order valence-corrected chi connectivity index (χ0v) is 22.1. The second-order valence-electron chi connectivity index (χ2n) is 9.09. The predicted octanol–water partition coefficient (Wildman–Crippen LogP) is 5.65. The summed E-state index contributed by atoms with van der Waals surface area (Å²) in [4.78, 5) is 31.7. The number of benzene rings is 1. The summed E-state index contributed by atoms with van der Waals surface area (Å²) in [6.45, 7) is 1.86. The second-order valence-corrected chi connectivity index (χ2v) is 9.09. The van der Waals surface area contributed by atoms with Crippen molar-refractivity contribution in [2.24, 2.45) is 0 Å². The minimum atomic E-state index is -4.74. The van der Waals surface area contributed by atoms with Gasteiger partial charge in [0.1, 0.15) is 11.4 Å². The second kappa shape index (κ2) is 14.7. The predicted molar refractivity (Wildman–Crippen MR) is 142 cm³/mol. The molecule has 0 aliphatic heterocycles. The number of nitrogens with two attached hydrogens (primary N) is 1. The number of aromatic amines is 1. The van der Waals surface area contributed by atoms with Gasteiger partial charge in [-0.2, -0.15) is 18.3 Å². The maximum Gasteiger partial charge on any atom is 0.423 e. The third-order valence-corrected chi connectivity index (χ3v) is 5.54. The number of anilines is 1. The van der Waals surface area contributed by atoms with E-state index in [1.807, 2.05) is 25.9 Å². The first-order valence-corrected chi connectivity index (χ1v) is 12.3. The molecule has 0 unspecified atom stereocenters. The highest BCUT2D eigenvalue weighted by atomic mass is 19.4. The number of aryl methyl sites for hydroxylation is 1. The van der Waals surface area contributed by atoms with Gasteiger partial charge in [-0.3, -0.25) is 9.59 Å². The van der Waals surface area contributed by atoms with Gasteiger partial charge in [-0.1, -0.05) is 38.5 Å². The van der Waals surface area contributed by atoms with Gasteiger partial charge >= 0.3 is 6.18 Å². The molecule has 3 N–H and O–H groups in total. The van der Waals surface area contributed by atoms with E-state index in [2.05, 4.69) is 15.1 Å². The lowest BCUT2D eigenvalue weighted by molar-refractivity contribution is -0.138. The standard InChI is InChI=1S/C16H16FN3O.C6H12.C5H4F3N3O/c1-11-8-18-16(19-9-11)14-6-12(4-5-20(2)3)13(10-21)7-15(14)17;1-2-4-6-5-3-1;6-5(7,8)3-2(9)1-10-11-4(3)12/h4-10H,1-3H3;1-6H2;1H,(H3,9,11,12)/b5-4-;;. The average Bonchev–Trinajstić information content (AvgIpc) is 2.89. The van der Waals surface area contributed by atoms with E-state index in [1.165, 1.54) is 44.6 Å². The highest BCUT2D eigenvalue weighted by Gasteiger charge is 2.36. The molecule has 210 valence electrons. The van der Waals surface area contributed by atoms with Crippen LogP contribution in [-0.2, 0) is 6.18 Å². The lowest BCUT2D eigenvalue weighted by Gasteiger charge is -2.08. The van der Waals surface area contributed by atoms with Crippen molar-refractivity contribution in [3.63, 3.8) is 0 Å². The molecule has 0 amide bonds. The third kappa shape index (κ3) is 9.95. The van der Waals surface area contributed by atoms with Crippen molar-refractivity contribution in [2.45, 2.75) is 51.6 Å². The molecular weight excluding hydrogens is 516 g/mol. The molecule has 0 bridgehead atoms. The number of nitrogens with one attached hydrogen (secondary N) is 1. The van der Waals surface area contributed by atoms with E-state index < -0.39 is 28.8 Å². The van der Waals surface area contributed by atoms with Crippen LogP contribution in [0.5, 0.6) is 0 Å². The molecule has 0 atom stereocenters. The van der Waals surface area contributed by atoms with Gasteiger partial charge in [0.05, 0.1) is 17.4 Å². The van der Waals surface area contributed by atoms with E-state index in [4.69, 9.17) is 5.73 Å². The first-order valence-electron chi connectivity index (χ1n) is 12.3. The van der Waals surface area contributed by atoms with Crippen molar-refractivity contribution in [2.75, 3.05) is 19.8 Å². The molecule has 1 aliphatic carbocycles. The van der Waals surface area contributed by atoms with Gasteiger partial charge in [0.25, 0.3) is 5.56 Å². The van der Waals surface area contributed by atoms with Crippen molar-refractivity contribution in [1.29, 1.82) is 0 Å². The Bertz CT molecular complexity index is 1290. The van der Waals surface area contributed by atoms with Crippen LogP contribution in [0.15, 0.2) is 41.7 Å². The highest BCUT2D eigenvalue weighted by molar-refractivity contribution is 5.84. The van der Waals surface area contributed by atoms with Crippen LogP contribution >= 0.6 is 0 Å². The number of carbonyl (C=O) groups excluding carboxylic acids is 1. The number of nitrogen functional groups attached to an aromatic ring is 1. The number of hydrogen-bond acceptors (Lipinski definition) is 7. The summed E-state index contributed by atoms with van der Waals surface area (Å²) in [5, 5.41) is 4.74. The quantitative estimate of drug-likeness (QED) is 0.320. The first-order chi connectivity index (χ1) is 18.4. The van der Waals surface area contributed by atoms with Crippen molar-refractivity contribution in [3.8, 4) is 11.4 Å². The summed E-state index contributed by atoms with van der Waals surface area (Å²) < 4.78 is 50.1. The zero-order valence-electron chi connectivity index (χ0n) is 22.1. The van der Waals surface area contributed by atoms with Crippen LogP contribution in [0.3, 0.4) is 0 Å². The molecule has 1 aromatic carbocycles. The molecule has 39 heavy (non-hydrogen) atoms. The fourth-order valence-corrected chi connectivity index (χ4v) is 3.55. The van der Waals surface area contributed by atoms with Gasteiger partial charge in [0.2, 0.25) is 0 Å². The molecule has 0 saturated heterocycles. The van der Waals surface area contributed by atoms with E-state index in [9.17, 15) is 27.2 Å². The maximum atomic E-state index is 14.1. The highest BCUT2D eigenvalue weighted by Crippen LogP contribution is 2.29. The van der Waals surface area contributed by atoms with Gasteiger partial charge < -0.3 is 10.6 Å². The third-order valence-electron chi connectivity index (χ3n) is 5.54. The largest absolute Gasteiger partial charge is 0.423 e. The van der Waals surface area contributed by atoms with Crippen LogP contribution in [0.4, 0.5) is 23.2 Å². The Balaban J connectivity index is 0.000000246. The summed E-state index contributed by atoms with van der Waals surface area (Å²) in [5.41, 5.74) is 3.59. The van der Waals surface area contributed by atoms with Crippen molar-refractivity contribution < 1.29 is 22.4 Å². The van der Waals surface area contributed by atoms with Crippen LogP contribution in [-0.4, -0.2) is 45.4 Å². The number of nitrogens with zero attached hydrogens (tertiary/aromatic N) is 4. The van der Waals surface area contributed by atoms with E-state index in [-0.39, 0.29) is 5.56 Å². The Morgan fingerprint density at radius 1 is 0.974 bits per heavy atom. The van der Waals surface area contributed by atoms with Crippen molar-refractivity contribution >= 4 is 18.0 Å². The molecule has 1 aliphatic rings. The first kappa shape index (κ1) is 31.1. The topological polar surface area (TPSA) is 118 Å². The Morgan fingerprint density at radius 3 is 1.97 bits per heavy atom. The van der Waals surface area contributed by atoms with E-state index in [0.29, 0.717) is 23.2 Å². The molecule has 2 aromatic heterocycles. The van der Waals surface area contributed by atoms with Crippen LogP contribution in [0.1, 0.15) is 65.6 Å². The number of aldehydes is 1. The molecule has 0 spiro atoms. The molecule has 0 radical (unpaired) electrons. The number of aromatic nitrogens is 4. The lowest BCUT2D eigenvalue weighted by Crippen LogP contribution is -2.24. The number of alkyl halides is 3. The molecule has 2 heterocycles.